The van der Waals surface area contributed by atoms with Crippen molar-refractivity contribution in [1.29, 1.82) is 0 Å². The van der Waals surface area contributed by atoms with E-state index >= 15 is 0 Å². The van der Waals surface area contributed by atoms with E-state index < -0.39 is 21.7 Å². The largest absolute Gasteiger partial charge is 0.444 e. The van der Waals surface area contributed by atoms with Gasteiger partial charge >= 0.3 is 6.09 Å². The van der Waals surface area contributed by atoms with Gasteiger partial charge in [-0.3, -0.25) is 0 Å². The zero-order valence-electron chi connectivity index (χ0n) is 20.1. The van der Waals surface area contributed by atoms with Gasteiger partial charge in [0.25, 0.3) is 0 Å². The number of benzene rings is 2. The van der Waals surface area contributed by atoms with Crippen molar-refractivity contribution in [2.45, 2.75) is 31.3 Å². The van der Waals surface area contributed by atoms with Crippen molar-refractivity contribution < 1.29 is 17.9 Å². The molecule has 0 atom stereocenters. The Balaban J connectivity index is 1.59. The summed E-state index contributed by atoms with van der Waals surface area (Å²) in [6, 6.07) is 19.3. The van der Waals surface area contributed by atoms with Crippen molar-refractivity contribution in [3.05, 3.63) is 60.7 Å². The Hall–Kier alpha value is -2.88. The van der Waals surface area contributed by atoms with Gasteiger partial charge < -0.3 is 15.0 Å². The summed E-state index contributed by atoms with van der Waals surface area (Å²) in [4.78, 5) is 16.1. The van der Waals surface area contributed by atoms with Crippen LogP contribution in [0.2, 0.25) is 0 Å². The van der Waals surface area contributed by atoms with Crippen LogP contribution in [0.4, 0.5) is 10.5 Å². The van der Waals surface area contributed by atoms with Crippen LogP contribution in [0, 0.1) is 0 Å². The first-order valence-corrected chi connectivity index (χ1v) is 13.2. The number of sulfonamides is 1. The molecular formula is C25H31N3O4S2. The van der Waals surface area contributed by atoms with Crippen LogP contribution in [0.3, 0.4) is 0 Å². The van der Waals surface area contributed by atoms with E-state index in [9.17, 15) is 13.2 Å². The third-order valence-corrected chi connectivity index (χ3v) is 7.47. The van der Waals surface area contributed by atoms with Crippen LogP contribution < -0.4 is 14.9 Å². The molecule has 0 aliphatic carbocycles. The number of carbonyl (C=O) groups excluding carboxylic acids is 1. The van der Waals surface area contributed by atoms with Gasteiger partial charge in [-0.1, -0.05) is 24.3 Å². The monoisotopic (exact) mass is 501 g/mol. The molecule has 0 saturated heterocycles. The molecule has 1 aromatic heterocycles. The second kappa shape index (κ2) is 10.6. The minimum Gasteiger partial charge on any atom is -0.444 e. The van der Waals surface area contributed by atoms with Gasteiger partial charge in [-0.2, -0.15) is 0 Å². The van der Waals surface area contributed by atoms with Crippen molar-refractivity contribution >= 4 is 33.1 Å². The van der Waals surface area contributed by atoms with Crippen LogP contribution in [-0.4, -0.2) is 47.3 Å². The van der Waals surface area contributed by atoms with E-state index in [1.165, 1.54) is 0 Å². The topological polar surface area (TPSA) is 87.7 Å². The van der Waals surface area contributed by atoms with E-state index in [1.807, 2.05) is 20.2 Å². The molecule has 0 saturated carbocycles. The van der Waals surface area contributed by atoms with Gasteiger partial charge in [0.15, 0.2) is 0 Å². The lowest BCUT2D eigenvalue weighted by molar-refractivity contribution is 0.0529. The van der Waals surface area contributed by atoms with Crippen LogP contribution in [0.5, 0.6) is 0 Å². The fourth-order valence-corrected chi connectivity index (χ4v) is 5.17. The predicted molar refractivity (Wildman–Crippen MR) is 139 cm³/mol. The average molecular weight is 502 g/mol. The number of amides is 1. The molecule has 9 heteroatoms. The lowest BCUT2D eigenvalue weighted by Gasteiger charge is -2.19. The molecule has 0 aliphatic heterocycles. The standard InChI is InChI=1S/C25H31N3O4S2/c1-25(2,3)32-24(29)26-16-17-27-34(30,31)21-12-8-19(9-13-21)23-15-14-22(33-23)18-6-10-20(11-7-18)28(4)5/h6-15,27H,16-17H2,1-5H3,(H,26,29). The van der Waals surface area contributed by atoms with E-state index in [-0.39, 0.29) is 18.0 Å². The number of anilines is 1. The Kier molecular flexibility index (Phi) is 8.01. The van der Waals surface area contributed by atoms with Crippen molar-refractivity contribution in [3.63, 3.8) is 0 Å². The zero-order valence-corrected chi connectivity index (χ0v) is 21.7. The molecule has 34 heavy (non-hydrogen) atoms. The first-order valence-electron chi connectivity index (χ1n) is 10.9. The molecule has 2 N–H and O–H groups in total. The SMILES string of the molecule is CN(C)c1ccc(-c2ccc(-c3ccc(S(=O)(=O)NCCNC(=O)OC(C)(C)C)cc3)s2)cc1. The van der Waals surface area contributed by atoms with E-state index in [0.717, 1.165) is 26.6 Å². The number of ether oxygens (including phenoxy) is 1. The molecule has 182 valence electrons. The number of nitrogens with one attached hydrogen (secondary N) is 2. The quantitative estimate of drug-likeness (QED) is 0.427. The molecule has 3 rings (SSSR count). The van der Waals surface area contributed by atoms with Crippen molar-refractivity contribution in [2.24, 2.45) is 0 Å². The van der Waals surface area contributed by atoms with Crippen molar-refractivity contribution in [3.8, 4) is 20.9 Å². The summed E-state index contributed by atoms with van der Waals surface area (Å²) in [6.45, 7) is 5.47. The number of hydrogen-bond acceptors (Lipinski definition) is 6. The summed E-state index contributed by atoms with van der Waals surface area (Å²) in [7, 11) is 0.341. The highest BCUT2D eigenvalue weighted by molar-refractivity contribution is 7.89. The zero-order chi connectivity index (χ0) is 24.9. The minimum absolute atomic E-state index is 0.0597. The van der Waals surface area contributed by atoms with Gasteiger partial charge in [0.05, 0.1) is 4.90 Å². The van der Waals surface area contributed by atoms with Crippen molar-refractivity contribution in [2.75, 3.05) is 32.1 Å². The molecule has 1 amide bonds. The average Bonchev–Trinajstić information content (AvgIpc) is 3.26. The molecule has 0 unspecified atom stereocenters. The van der Waals surface area contributed by atoms with Gasteiger partial charge in [0.1, 0.15) is 5.60 Å². The van der Waals surface area contributed by atoms with E-state index in [2.05, 4.69) is 45.3 Å². The Labute approximate surface area is 205 Å². The van der Waals surface area contributed by atoms with Gasteiger partial charge in [-0.05, 0) is 68.3 Å². The molecule has 0 bridgehead atoms. The van der Waals surface area contributed by atoms with Gasteiger partial charge in [-0.15, -0.1) is 11.3 Å². The number of nitrogens with zero attached hydrogens (tertiary/aromatic N) is 1. The smallest absolute Gasteiger partial charge is 0.407 e. The predicted octanol–water partition coefficient (Wildman–Crippen LogP) is 4.95. The Morgan fingerprint density at radius 2 is 1.41 bits per heavy atom. The fraction of sp³-hybridized carbons (Fsp3) is 0.320. The lowest BCUT2D eigenvalue weighted by Crippen LogP contribution is -2.37. The third kappa shape index (κ3) is 7.06. The molecule has 1 heterocycles. The van der Waals surface area contributed by atoms with Crippen LogP contribution in [-0.2, 0) is 14.8 Å². The second-order valence-corrected chi connectivity index (χ2v) is 11.8. The van der Waals surface area contributed by atoms with Crippen LogP contribution in [0.15, 0.2) is 65.6 Å². The highest BCUT2D eigenvalue weighted by atomic mass is 32.2. The Morgan fingerprint density at radius 1 is 0.882 bits per heavy atom. The molecular weight excluding hydrogens is 470 g/mol. The Morgan fingerprint density at radius 3 is 1.91 bits per heavy atom. The lowest BCUT2D eigenvalue weighted by atomic mass is 10.1. The molecule has 7 nitrogen and oxygen atoms in total. The van der Waals surface area contributed by atoms with Gasteiger partial charge in [0.2, 0.25) is 10.0 Å². The summed E-state index contributed by atoms with van der Waals surface area (Å²) in [5, 5.41) is 2.53. The summed E-state index contributed by atoms with van der Waals surface area (Å²) in [5.41, 5.74) is 2.63. The number of carbonyl (C=O) groups is 1. The van der Waals surface area contributed by atoms with Crippen LogP contribution in [0.25, 0.3) is 20.9 Å². The normalized spacial score (nSPS) is 11.8. The van der Waals surface area contributed by atoms with E-state index in [4.69, 9.17) is 4.74 Å². The molecule has 3 aromatic rings. The molecule has 0 spiro atoms. The van der Waals surface area contributed by atoms with Crippen molar-refractivity contribution in [1.82, 2.24) is 10.0 Å². The highest BCUT2D eigenvalue weighted by Crippen LogP contribution is 2.35. The highest BCUT2D eigenvalue weighted by Gasteiger charge is 2.17. The van der Waals surface area contributed by atoms with E-state index in [0.29, 0.717) is 0 Å². The molecule has 0 aliphatic rings. The summed E-state index contributed by atoms with van der Waals surface area (Å²) >= 11 is 1.66. The number of rotatable bonds is 8. The van der Waals surface area contributed by atoms with Gasteiger partial charge in [-0.25, -0.2) is 17.9 Å². The van der Waals surface area contributed by atoms with Gasteiger partial charge in [0, 0.05) is 42.6 Å². The van der Waals surface area contributed by atoms with E-state index in [1.54, 1.807) is 56.4 Å². The summed E-state index contributed by atoms with van der Waals surface area (Å²) in [6.07, 6.45) is -0.583. The maximum Gasteiger partial charge on any atom is 0.407 e. The van der Waals surface area contributed by atoms with Crippen LogP contribution >= 0.6 is 11.3 Å². The number of hydrogen-bond donors (Lipinski definition) is 2. The fourth-order valence-electron chi connectivity index (χ4n) is 3.12. The molecule has 0 radical (unpaired) electrons. The summed E-state index contributed by atoms with van der Waals surface area (Å²) in [5.74, 6) is 0. The first kappa shape index (κ1) is 25.7. The van der Waals surface area contributed by atoms with Crippen LogP contribution in [0.1, 0.15) is 20.8 Å². The maximum absolute atomic E-state index is 12.6. The number of alkyl carbamates (subject to hydrolysis) is 1. The Bertz CT molecular complexity index is 1210. The third-order valence-electron chi connectivity index (χ3n) is 4.81. The molecule has 0 fully saturated rings. The first-order chi connectivity index (χ1) is 15.9. The molecule has 2 aromatic carbocycles. The number of thiophene rings is 1. The minimum atomic E-state index is -3.68. The summed E-state index contributed by atoms with van der Waals surface area (Å²) < 4.78 is 32.7. The second-order valence-electron chi connectivity index (χ2n) is 8.96. The maximum atomic E-state index is 12.6.